The molecule has 1 aliphatic heterocycles. The van der Waals surface area contributed by atoms with Crippen LogP contribution in [0, 0.1) is 0 Å². The van der Waals surface area contributed by atoms with E-state index in [1.165, 1.54) is 31.5 Å². The van der Waals surface area contributed by atoms with Crippen LogP contribution in [0.1, 0.15) is 43.7 Å². The molecule has 1 fully saturated rings. The zero-order valence-electron chi connectivity index (χ0n) is 18.3. The Labute approximate surface area is 182 Å². The minimum atomic E-state index is -0.212. The normalized spacial score (nSPS) is 15.5. The summed E-state index contributed by atoms with van der Waals surface area (Å²) in [7, 11) is 1.71. The number of methoxy groups -OCH3 is 1. The molecule has 1 aliphatic rings. The minimum Gasteiger partial charge on any atom is -0.496 e. The van der Waals surface area contributed by atoms with Gasteiger partial charge in [0.2, 0.25) is 5.95 Å². The molecule has 0 radical (unpaired) electrons. The fourth-order valence-corrected chi connectivity index (χ4v) is 4.11. The lowest BCUT2D eigenvalue weighted by atomic mass is 10.1. The first-order chi connectivity index (χ1) is 15.1. The first-order valence-corrected chi connectivity index (χ1v) is 11.0. The molecule has 5 N–H and O–H groups in total. The van der Waals surface area contributed by atoms with E-state index in [1.54, 1.807) is 7.11 Å². The quantitative estimate of drug-likeness (QED) is 0.448. The Morgan fingerprint density at radius 2 is 2.00 bits per heavy atom. The molecule has 1 aromatic carbocycles. The Morgan fingerprint density at radius 1 is 1.19 bits per heavy atom. The molecule has 2 aromatic heterocycles. The first-order valence-electron chi connectivity index (χ1n) is 11.0. The topological polar surface area (TPSA) is 120 Å². The lowest BCUT2D eigenvalue weighted by Crippen LogP contribution is -2.29. The lowest BCUT2D eigenvalue weighted by Gasteiger charge is -2.16. The average Bonchev–Trinajstić information content (AvgIpc) is 3.38. The van der Waals surface area contributed by atoms with Crippen LogP contribution in [0.25, 0.3) is 11.0 Å². The van der Waals surface area contributed by atoms with Crippen molar-refractivity contribution in [3.05, 3.63) is 35.5 Å². The average molecular weight is 425 g/mol. The molecule has 0 bridgehead atoms. The second-order valence-corrected chi connectivity index (χ2v) is 8.16. The van der Waals surface area contributed by atoms with Crippen LogP contribution >= 0.6 is 0 Å². The van der Waals surface area contributed by atoms with Crippen LogP contribution in [0.4, 0.5) is 11.8 Å². The van der Waals surface area contributed by atoms with Gasteiger partial charge in [0.15, 0.2) is 11.3 Å². The van der Waals surface area contributed by atoms with Crippen molar-refractivity contribution in [1.29, 1.82) is 0 Å². The number of likely N-dealkylation sites (tertiary alicyclic amines) is 1. The van der Waals surface area contributed by atoms with Crippen molar-refractivity contribution in [3.63, 3.8) is 0 Å². The second kappa shape index (κ2) is 9.49. The number of nitrogens with one attached hydrogen (secondary N) is 1. The van der Waals surface area contributed by atoms with E-state index >= 15 is 0 Å². The molecule has 31 heavy (non-hydrogen) atoms. The van der Waals surface area contributed by atoms with E-state index < -0.39 is 0 Å². The lowest BCUT2D eigenvalue weighted by molar-refractivity contribution is 0.330. The third kappa shape index (κ3) is 5.05. The van der Waals surface area contributed by atoms with E-state index in [0.29, 0.717) is 23.4 Å². The standard InChI is InChI=1S/C22H32N8O/c1-3-6-19(23)26-21-20-17(25-22(24)27-21)14-30(28-20)13-16-8-7-15(11-18(16)31-2)12-29-9-4-5-10-29/h7-8,11,14,19H,3-6,9-10,12-13,23H2,1-2H3,(H3,24,25,26,27). The van der Waals surface area contributed by atoms with Crippen LogP contribution in [0.5, 0.6) is 5.75 Å². The van der Waals surface area contributed by atoms with Crippen LogP contribution in [0.2, 0.25) is 0 Å². The summed E-state index contributed by atoms with van der Waals surface area (Å²) in [6.45, 7) is 5.96. The Bertz CT molecular complexity index is 1030. The molecule has 4 rings (SSSR count). The number of nitrogens with two attached hydrogens (primary N) is 2. The smallest absolute Gasteiger partial charge is 0.222 e. The number of fused-ring (bicyclic) bond motifs is 1. The highest BCUT2D eigenvalue weighted by Crippen LogP contribution is 2.25. The number of rotatable bonds is 9. The second-order valence-electron chi connectivity index (χ2n) is 8.16. The first kappa shape index (κ1) is 21.3. The van der Waals surface area contributed by atoms with Crippen molar-refractivity contribution in [2.24, 2.45) is 5.73 Å². The predicted octanol–water partition coefficient (Wildman–Crippen LogP) is 2.56. The summed E-state index contributed by atoms with van der Waals surface area (Å²) < 4.78 is 7.52. The van der Waals surface area contributed by atoms with Gasteiger partial charge in [-0.2, -0.15) is 10.1 Å². The van der Waals surface area contributed by atoms with Gasteiger partial charge in [0, 0.05) is 12.1 Å². The highest BCUT2D eigenvalue weighted by molar-refractivity contribution is 5.85. The highest BCUT2D eigenvalue weighted by atomic mass is 16.5. The molecule has 9 nitrogen and oxygen atoms in total. The van der Waals surface area contributed by atoms with Crippen LogP contribution in [-0.2, 0) is 13.1 Å². The van der Waals surface area contributed by atoms with Gasteiger partial charge < -0.3 is 21.5 Å². The molecule has 1 atom stereocenters. The Hall–Kier alpha value is -2.91. The van der Waals surface area contributed by atoms with Gasteiger partial charge in [-0.15, -0.1) is 0 Å². The summed E-state index contributed by atoms with van der Waals surface area (Å²) in [6, 6.07) is 6.42. The number of anilines is 2. The molecular weight excluding hydrogens is 392 g/mol. The molecule has 166 valence electrons. The molecule has 0 spiro atoms. The summed E-state index contributed by atoms with van der Waals surface area (Å²) in [5.41, 5.74) is 15.7. The largest absolute Gasteiger partial charge is 0.496 e. The van der Waals surface area contributed by atoms with Crippen molar-refractivity contribution in [2.75, 3.05) is 31.2 Å². The molecule has 9 heteroatoms. The van der Waals surface area contributed by atoms with Gasteiger partial charge in [-0.3, -0.25) is 9.58 Å². The van der Waals surface area contributed by atoms with Crippen molar-refractivity contribution in [1.82, 2.24) is 24.6 Å². The van der Waals surface area contributed by atoms with E-state index in [-0.39, 0.29) is 12.1 Å². The molecule has 0 aliphatic carbocycles. The predicted molar refractivity (Wildman–Crippen MR) is 123 cm³/mol. The Balaban J connectivity index is 1.56. The SMILES string of the molecule is CCCC(N)Nc1nc(N)nc2cn(Cc3ccc(CN4CCCC4)cc3OC)nc12. The molecule has 1 unspecified atom stereocenters. The number of benzene rings is 1. The number of aromatic nitrogens is 4. The fraction of sp³-hybridized carbons (Fsp3) is 0.500. The van der Waals surface area contributed by atoms with E-state index in [2.05, 4.69) is 45.3 Å². The van der Waals surface area contributed by atoms with Gasteiger partial charge >= 0.3 is 0 Å². The number of hydrogen-bond acceptors (Lipinski definition) is 8. The fourth-order valence-electron chi connectivity index (χ4n) is 4.11. The van der Waals surface area contributed by atoms with Crippen molar-refractivity contribution in [3.8, 4) is 5.75 Å². The van der Waals surface area contributed by atoms with Crippen molar-refractivity contribution in [2.45, 2.75) is 51.9 Å². The van der Waals surface area contributed by atoms with Crippen LogP contribution in [0.15, 0.2) is 24.4 Å². The monoisotopic (exact) mass is 424 g/mol. The van der Waals surface area contributed by atoms with Crippen molar-refractivity contribution < 1.29 is 4.74 Å². The zero-order chi connectivity index (χ0) is 21.8. The van der Waals surface area contributed by atoms with Gasteiger partial charge in [-0.05, 0) is 44.0 Å². The van der Waals surface area contributed by atoms with Gasteiger partial charge in [0.05, 0.1) is 26.0 Å². The van der Waals surface area contributed by atoms with E-state index in [9.17, 15) is 0 Å². The summed E-state index contributed by atoms with van der Waals surface area (Å²) in [6.07, 6.45) is 6.04. The van der Waals surface area contributed by atoms with Gasteiger partial charge in [-0.1, -0.05) is 25.5 Å². The van der Waals surface area contributed by atoms with Crippen molar-refractivity contribution >= 4 is 22.8 Å². The molecular formula is C22H32N8O. The number of nitrogen functional groups attached to an aromatic ring is 1. The summed E-state index contributed by atoms with van der Waals surface area (Å²) >= 11 is 0. The third-order valence-corrected chi connectivity index (χ3v) is 5.64. The summed E-state index contributed by atoms with van der Waals surface area (Å²) in [5, 5.41) is 7.91. The molecule has 3 heterocycles. The Kier molecular flexibility index (Phi) is 6.53. The van der Waals surface area contributed by atoms with Crippen LogP contribution in [-0.4, -0.2) is 51.0 Å². The highest BCUT2D eigenvalue weighted by Gasteiger charge is 2.16. The van der Waals surface area contributed by atoms with Gasteiger partial charge in [-0.25, -0.2) is 4.98 Å². The maximum Gasteiger partial charge on any atom is 0.222 e. The summed E-state index contributed by atoms with van der Waals surface area (Å²) in [5.74, 6) is 1.63. The maximum absolute atomic E-state index is 6.13. The number of nitrogens with zero attached hydrogens (tertiary/aromatic N) is 5. The summed E-state index contributed by atoms with van der Waals surface area (Å²) in [4.78, 5) is 11.1. The minimum absolute atomic E-state index is 0.196. The Morgan fingerprint density at radius 3 is 2.74 bits per heavy atom. The molecule has 1 saturated heterocycles. The van der Waals surface area contributed by atoms with E-state index in [4.69, 9.17) is 21.3 Å². The zero-order valence-corrected chi connectivity index (χ0v) is 18.3. The third-order valence-electron chi connectivity index (χ3n) is 5.64. The van der Waals surface area contributed by atoms with Crippen LogP contribution in [0.3, 0.4) is 0 Å². The maximum atomic E-state index is 6.13. The molecule has 0 saturated carbocycles. The van der Waals surface area contributed by atoms with E-state index in [0.717, 1.165) is 30.7 Å². The number of ether oxygens (including phenoxy) is 1. The van der Waals surface area contributed by atoms with Gasteiger partial charge in [0.25, 0.3) is 0 Å². The molecule has 3 aromatic rings. The molecule has 0 amide bonds. The van der Waals surface area contributed by atoms with E-state index in [1.807, 2.05) is 10.9 Å². The van der Waals surface area contributed by atoms with Gasteiger partial charge in [0.1, 0.15) is 11.3 Å². The number of hydrogen-bond donors (Lipinski definition) is 3. The van der Waals surface area contributed by atoms with Crippen LogP contribution < -0.4 is 21.5 Å².